The van der Waals surface area contributed by atoms with E-state index in [0.717, 1.165) is 0 Å². The Balaban J connectivity index is 1.91. The maximum absolute atomic E-state index is 13.4. The first-order valence-electron chi connectivity index (χ1n) is 9.23. The van der Waals surface area contributed by atoms with Crippen LogP contribution in [0.5, 0.6) is 11.5 Å². The molecule has 0 fully saturated rings. The van der Waals surface area contributed by atoms with Gasteiger partial charge in [0, 0.05) is 18.0 Å². The van der Waals surface area contributed by atoms with Gasteiger partial charge in [-0.15, -0.1) is 0 Å². The fourth-order valence-corrected chi connectivity index (χ4v) is 4.78. The van der Waals surface area contributed by atoms with Crippen LogP contribution in [0.3, 0.4) is 0 Å². The fraction of sp³-hybridized carbons (Fsp3) is 0.250. The highest BCUT2D eigenvalue weighted by atomic mass is 32.2. The highest BCUT2D eigenvalue weighted by molar-refractivity contribution is 7.93. The molecule has 0 unspecified atom stereocenters. The van der Waals surface area contributed by atoms with E-state index in [9.17, 15) is 8.42 Å². The summed E-state index contributed by atoms with van der Waals surface area (Å²) in [6.07, 6.45) is 0.356. The van der Waals surface area contributed by atoms with Crippen LogP contribution in [0.2, 0.25) is 0 Å². The maximum Gasteiger partial charge on any atom is 0.269 e. The summed E-state index contributed by atoms with van der Waals surface area (Å²) in [5.74, 6) is 1.48. The molecule has 30 heavy (non-hydrogen) atoms. The molecule has 0 aliphatic carbocycles. The van der Waals surface area contributed by atoms with Gasteiger partial charge in [-0.3, -0.25) is 4.31 Å². The molecule has 2 aromatic carbocycles. The van der Waals surface area contributed by atoms with Crippen LogP contribution in [0.25, 0.3) is 10.4 Å². The molecule has 1 aromatic heterocycles. The van der Waals surface area contributed by atoms with Crippen LogP contribution in [0.1, 0.15) is 17.9 Å². The molecular weight excluding hydrogens is 406 g/mol. The van der Waals surface area contributed by atoms with Gasteiger partial charge in [-0.05, 0) is 62.2 Å². The van der Waals surface area contributed by atoms with Gasteiger partial charge in [0.15, 0.2) is 10.7 Å². The minimum Gasteiger partial charge on any atom is -0.457 e. The number of azide groups is 1. The van der Waals surface area contributed by atoms with E-state index in [1.54, 1.807) is 38.1 Å². The van der Waals surface area contributed by atoms with E-state index >= 15 is 0 Å². The molecule has 0 atom stereocenters. The van der Waals surface area contributed by atoms with Crippen molar-refractivity contribution in [1.82, 2.24) is 5.16 Å². The summed E-state index contributed by atoms with van der Waals surface area (Å²) >= 11 is 0. The molecule has 0 radical (unpaired) electrons. The first kappa shape index (κ1) is 21.2. The molecule has 0 bridgehead atoms. The van der Waals surface area contributed by atoms with Gasteiger partial charge in [0.1, 0.15) is 17.2 Å². The van der Waals surface area contributed by atoms with Crippen LogP contribution in [0.15, 0.2) is 69.1 Å². The lowest BCUT2D eigenvalue weighted by atomic mass is 10.3. The summed E-state index contributed by atoms with van der Waals surface area (Å²) in [6, 6.07) is 16.0. The third kappa shape index (κ3) is 4.73. The molecule has 0 spiro atoms. The molecule has 0 amide bonds. The van der Waals surface area contributed by atoms with Crippen molar-refractivity contribution >= 4 is 15.7 Å². The average Bonchev–Trinajstić information content (AvgIpc) is 3.08. The van der Waals surface area contributed by atoms with Gasteiger partial charge in [0.2, 0.25) is 0 Å². The van der Waals surface area contributed by atoms with E-state index in [0.29, 0.717) is 23.6 Å². The predicted octanol–water partition coefficient (Wildman–Crippen LogP) is 4.98. The number of rotatable bonds is 9. The first-order valence-corrected chi connectivity index (χ1v) is 10.7. The third-order valence-corrected chi connectivity index (χ3v) is 6.37. The van der Waals surface area contributed by atoms with Gasteiger partial charge in [0.25, 0.3) is 10.0 Å². The number of hydrogen-bond donors (Lipinski definition) is 0. The molecule has 3 rings (SSSR count). The summed E-state index contributed by atoms with van der Waals surface area (Å²) in [5.41, 5.74) is 9.22. The Bertz CT molecular complexity index is 1120. The van der Waals surface area contributed by atoms with Crippen LogP contribution in [-0.2, 0) is 10.0 Å². The Labute approximate surface area is 174 Å². The van der Waals surface area contributed by atoms with Gasteiger partial charge in [0.05, 0.1) is 5.69 Å². The normalized spacial score (nSPS) is 11.0. The summed E-state index contributed by atoms with van der Waals surface area (Å²) in [4.78, 5) is 2.75. The van der Waals surface area contributed by atoms with Crippen molar-refractivity contribution < 1.29 is 17.7 Å². The van der Waals surface area contributed by atoms with Crippen LogP contribution < -0.4 is 9.04 Å². The Kier molecular flexibility index (Phi) is 6.61. The second-order valence-electron chi connectivity index (χ2n) is 6.45. The Morgan fingerprint density at radius 1 is 1.10 bits per heavy atom. The average molecular weight is 427 g/mol. The number of aromatic nitrogens is 1. The molecule has 0 aliphatic rings. The SMILES string of the molecule is Cc1noc(C)c1S(=O)(=O)N(CCCN=[N+]=[N-])c1ccc(Oc2ccccc2)cc1. The number of benzene rings is 2. The van der Waals surface area contributed by atoms with Gasteiger partial charge in [-0.1, -0.05) is 28.5 Å². The molecule has 0 N–H and O–H groups in total. The molecule has 3 aromatic rings. The first-order chi connectivity index (χ1) is 14.4. The minimum absolute atomic E-state index is 0.0379. The smallest absolute Gasteiger partial charge is 0.269 e. The van der Waals surface area contributed by atoms with E-state index in [1.807, 2.05) is 30.3 Å². The maximum atomic E-state index is 13.4. The Morgan fingerprint density at radius 2 is 1.77 bits per heavy atom. The molecule has 1 heterocycles. The second-order valence-corrected chi connectivity index (χ2v) is 8.25. The molecule has 0 saturated heterocycles. The second kappa shape index (κ2) is 9.34. The van der Waals surface area contributed by atoms with Crippen molar-refractivity contribution in [2.75, 3.05) is 17.4 Å². The van der Waals surface area contributed by atoms with Crippen molar-refractivity contribution in [1.29, 1.82) is 0 Å². The van der Waals surface area contributed by atoms with Gasteiger partial charge >= 0.3 is 0 Å². The van der Waals surface area contributed by atoms with Gasteiger partial charge < -0.3 is 9.26 Å². The van der Waals surface area contributed by atoms with Crippen molar-refractivity contribution in [2.24, 2.45) is 5.11 Å². The number of nitrogens with zero attached hydrogens (tertiary/aromatic N) is 5. The van der Waals surface area contributed by atoms with Crippen LogP contribution in [0, 0.1) is 13.8 Å². The summed E-state index contributed by atoms with van der Waals surface area (Å²) in [7, 11) is -3.93. The number of hydrogen-bond acceptors (Lipinski definition) is 6. The van der Waals surface area contributed by atoms with Gasteiger partial charge in [-0.25, -0.2) is 8.42 Å². The van der Waals surface area contributed by atoms with E-state index in [1.165, 1.54) is 4.31 Å². The van der Waals surface area contributed by atoms with Crippen molar-refractivity contribution in [3.63, 3.8) is 0 Å². The molecule has 10 heteroatoms. The van der Waals surface area contributed by atoms with Crippen molar-refractivity contribution in [3.05, 3.63) is 76.5 Å². The zero-order chi connectivity index (χ0) is 21.6. The van der Waals surface area contributed by atoms with Crippen molar-refractivity contribution in [2.45, 2.75) is 25.2 Å². The summed E-state index contributed by atoms with van der Waals surface area (Å²) in [6.45, 7) is 3.45. The lowest BCUT2D eigenvalue weighted by Gasteiger charge is -2.24. The van der Waals surface area contributed by atoms with E-state index in [4.69, 9.17) is 14.8 Å². The summed E-state index contributed by atoms with van der Waals surface area (Å²) < 4.78 is 38.8. The van der Waals surface area contributed by atoms with Crippen LogP contribution in [-0.4, -0.2) is 26.7 Å². The highest BCUT2D eigenvalue weighted by Crippen LogP contribution is 2.30. The number of ether oxygens (including phenoxy) is 1. The Morgan fingerprint density at radius 3 is 2.37 bits per heavy atom. The lowest BCUT2D eigenvalue weighted by Crippen LogP contribution is -2.33. The lowest BCUT2D eigenvalue weighted by molar-refractivity contribution is 0.390. The van der Waals surface area contributed by atoms with Crippen molar-refractivity contribution in [3.8, 4) is 11.5 Å². The number of sulfonamides is 1. The molecule has 0 saturated carbocycles. The zero-order valence-electron chi connectivity index (χ0n) is 16.6. The topological polar surface area (TPSA) is 121 Å². The van der Waals surface area contributed by atoms with Crippen LogP contribution >= 0.6 is 0 Å². The van der Waals surface area contributed by atoms with E-state index < -0.39 is 10.0 Å². The van der Waals surface area contributed by atoms with E-state index in [2.05, 4.69) is 15.2 Å². The molecule has 9 nitrogen and oxygen atoms in total. The number of para-hydroxylation sites is 1. The standard InChI is InChI=1S/C20H21N5O4S/c1-15-20(16(2)29-23-15)30(26,27)25(14-6-13-22-24-21)17-9-11-19(12-10-17)28-18-7-4-3-5-8-18/h3-5,7-12H,6,13-14H2,1-2H3. The van der Waals surface area contributed by atoms with E-state index in [-0.39, 0.29) is 29.4 Å². The summed E-state index contributed by atoms with van der Waals surface area (Å²) in [5, 5.41) is 7.25. The molecular formula is C20H21N5O4S. The predicted molar refractivity (Wildman–Crippen MR) is 112 cm³/mol. The van der Waals surface area contributed by atoms with Crippen LogP contribution in [0.4, 0.5) is 5.69 Å². The quantitative estimate of drug-likeness (QED) is 0.206. The molecule has 0 aliphatic heterocycles. The minimum atomic E-state index is -3.93. The zero-order valence-corrected chi connectivity index (χ0v) is 17.4. The largest absolute Gasteiger partial charge is 0.457 e. The monoisotopic (exact) mass is 427 g/mol. The van der Waals surface area contributed by atoms with Gasteiger partial charge in [-0.2, -0.15) is 0 Å². The molecule has 156 valence electrons. The number of anilines is 1. The number of aryl methyl sites for hydroxylation is 2. The highest BCUT2D eigenvalue weighted by Gasteiger charge is 2.31. The fourth-order valence-electron chi connectivity index (χ4n) is 2.98. The third-order valence-electron chi connectivity index (χ3n) is 4.30. The Hall–Kier alpha value is -3.49.